The van der Waals surface area contributed by atoms with Crippen molar-refractivity contribution in [1.82, 2.24) is 14.5 Å². The van der Waals surface area contributed by atoms with Gasteiger partial charge in [0.05, 0.1) is 23.7 Å². The lowest BCUT2D eigenvalue weighted by atomic mass is 10.0. The number of esters is 1. The van der Waals surface area contributed by atoms with E-state index < -0.39 is 5.97 Å². The van der Waals surface area contributed by atoms with Gasteiger partial charge in [-0.3, -0.25) is 0 Å². The van der Waals surface area contributed by atoms with Crippen molar-refractivity contribution >= 4 is 34.4 Å². The van der Waals surface area contributed by atoms with Gasteiger partial charge in [0.2, 0.25) is 0 Å². The van der Waals surface area contributed by atoms with E-state index in [0.717, 1.165) is 49.7 Å². The van der Waals surface area contributed by atoms with Gasteiger partial charge in [0.1, 0.15) is 11.6 Å². The highest BCUT2D eigenvalue weighted by molar-refractivity contribution is 6.31. The van der Waals surface area contributed by atoms with Crippen LogP contribution in [0.5, 0.6) is 0 Å². The molecule has 2 heterocycles. The molecule has 0 amide bonds. The smallest absolute Gasteiger partial charge is 0.357 e. The van der Waals surface area contributed by atoms with E-state index in [1.807, 2.05) is 51.1 Å². The number of anilines is 1. The average molecular weight is 539 g/mol. The molecule has 0 spiro atoms. The summed E-state index contributed by atoms with van der Waals surface area (Å²) in [6, 6.07) is 26.0. The highest BCUT2D eigenvalue weighted by Gasteiger charge is 2.15. The minimum atomic E-state index is -0.430. The van der Waals surface area contributed by atoms with Crippen molar-refractivity contribution in [3.05, 3.63) is 112 Å². The second-order valence-corrected chi connectivity index (χ2v) is 10.3. The number of rotatable bonds is 8. The summed E-state index contributed by atoms with van der Waals surface area (Å²) in [7, 11) is 0. The first-order chi connectivity index (χ1) is 18.8. The van der Waals surface area contributed by atoms with Gasteiger partial charge in [-0.2, -0.15) is 0 Å². The van der Waals surface area contributed by atoms with E-state index in [0.29, 0.717) is 18.9 Å². The molecule has 0 radical (unpaired) electrons. The summed E-state index contributed by atoms with van der Waals surface area (Å²) in [5.41, 5.74) is 7.76. The lowest BCUT2D eigenvalue weighted by molar-refractivity contribution is 0.0371. The highest BCUT2D eigenvalue weighted by atomic mass is 35.5. The van der Waals surface area contributed by atoms with E-state index in [4.69, 9.17) is 21.3 Å². The number of ether oxygens (including phenoxy) is 1. The first-order valence-corrected chi connectivity index (χ1v) is 13.4. The summed E-state index contributed by atoms with van der Waals surface area (Å²) in [5.74, 6) is 1.11. The number of benzene rings is 3. The topological polar surface area (TPSA) is 69.0 Å². The van der Waals surface area contributed by atoms with Gasteiger partial charge in [-0.15, -0.1) is 0 Å². The van der Waals surface area contributed by atoms with Gasteiger partial charge >= 0.3 is 5.97 Å². The van der Waals surface area contributed by atoms with Crippen LogP contribution in [-0.2, 0) is 17.8 Å². The molecule has 198 valence electrons. The molecule has 39 heavy (non-hydrogen) atoms. The molecule has 0 saturated carbocycles. The summed E-state index contributed by atoms with van der Waals surface area (Å²) < 4.78 is 7.48. The molecule has 0 unspecified atom stereocenters. The van der Waals surface area contributed by atoms with E-state index in [2.05, 4.69) is 58.2 Å². The lowest BCUT2D eigenvalue weighted by Crippen LogP contribution is -2.14. The zero-order valence-corrected chi connectivity index (χ0v) is 23.3. The van der Waals surface area contributed by atoms with Gasteiger partial charge in [0, 0.05) is 11.6 Å². The number of fused-ring (bicyclic) bond motifs is 1. The van der Waals surface area contributed by atoms with Crippen LogP contribution in [0.4, 0.5) is 5.82 Å². The van der Waals surface area contributed by atoms with Crippen molar-refractivity contribution in [2.75, 3.05) is 5.32 Å². The van der Waals surface area contributed by atoms with Crippen LogP contribution in [0.15, 0.2) is 78.9 Å². The molecular formula is C32H31ClN4O2. The largest absolute Gasteiger partial charge is 0.458 e. The van der Waals surface area contributed by atoms with Crippen molar-refractivity contribution in [2.24, 2.45) is 0 Å². The number of imidazole rings is 1. The molecule has 0 aliphatic heterocycles. The number of hydrogen-bond acceptors (Lipinski definition) is 5. The Bertz CT molecular complexity index is 1640. The highest BCUT2D eigenvalue weighted by Crippen LogP contribution is 2.29. The minimum absolute atomic E-state index is 0.199. The molecule has 2 aromatic heterocycles. The maximum Gasteiger partial charge on any atom is 0.357 e. The number of pyridine rings is 1. The van der Waals surface area contributed by atoms with Crippen molar-refractivity contribution < 1.29 is 9.53 Å². The van der Waals surface area contributed by atoms with Crippen LogP contribution in [0.25, 0.3) is 22.2 Å². The maximum atomic E-state index is 12.2. The fourth-order valence-corrected chi connectivity index (χ4v) is 4.89. The summed E-state index contributed by atoms with van der Waals surface area (Å²) >= 11 is 6.76. The maximum absolute atomic E-state index is 12.2. The van der Waals surface area contributed by atoms with Crippen molar-refractivity contribution in [2.45, 2.75) is 46.9 Å². The Morgan fingerprint density at radius 3 is 2.49 bits per heavy atom. The Kier molecular flexibility index (Phi) is 7.66. The van der Waals surface area contributed by atoms with Crippen LogP contribution in [0.3, 0.4) is 0 Å². The summed E-state index contributed by atoms with van der Waals surface area (Å²) in [5, 5.41) is 4.07. The van der Waals surface area contributed by atoms with Crippen LogP contribution in [-0.4, -0.2) is 26.6 Å². The molecular weight excluding hydrogens is 508 g/mol. The molecule has 0 aliphatic carbocycles. The van der Waals surface area contributed by atoms with Crippen molar-refractivity contribution in [1.29, 1.82) is 0 Å². The van der Waals surface area contributed by atoms with Crippen LogP contribution < -0.4 is 5.32 Å². The number of carbonyl (C=O) groups is 1. The third-order valence-corrected chi connectivity index (χ3v) is 6.91. The van der Waals surface area contributed by atoms with Crippen molar-refractivity contribution in [3.63, 3.8) is 0 Å². The third-order valence-electron chi connectivity index (χ3n) is 6.56. The van der Waals surface area contributed by atoms with E-state index in [9.17, 15) is 4.79 Å². The molecule has 5 rings (SSSR count). The SMILES string of the molecule is Cc1cc(CNc2cccc(C(=O)OC(C)C)n2)cc2c1nc(C)n2Cc1ccc(-c2ccccc2)cc1Cl. The standard InChI is InChI=1S/C32H31ClN4O2/c1-20(2)39-32(38)28-11-8-12-30(36-28)34-18-23-15-21(3)31-29(16-23)37(22(4)35-31)19-26-14-13-25(17-27(26)33)24-9-6-5-7-10-24/h5-17,20H,18-19H2,1-4H3,(H,34,36). The second-order valence-electron chi connectivity index (χ2n) is 9.91. The third kappa shape index (κ3) is 5.96. The normalized spacial score (nSPS) is 11.2. The predicted molar refractivity (Wildman–Crippen MR) is 157 cm³/mol. The van der Waals surface area contributed by atoms with Crippen LogP contribution in [0.2, 0.25) is 5.02 Å². The zero-order valence-electron chi connectivity index (χ0n) is 22.5. The Morgan fingerprint density at radius 2 is 1.74 bits per heavy atom. The van der Waals surface area contributed by atoms with E-state index in [-0.39, 0.29) is 11.8 Å². The second kappa shape index (κ2) is 11.3. The molecule has 6 nitrogen and oxygen atoms in total. The fourth-order valence-electron chi connectivity index (χ4n) is 4.65. The van der Waals surface area contributed by atoms with Gasteiger partial charge in [0.25, 0.3) is 0 Å². The quantitative estimate of drug-likeness (QED) is 0.206. The molecule has 0 saturated heterocycles. The summed E-state index contributed by atoms with van der Waals surface area (Å²) in [6.45, 7) is 8.90. The van der Waals surface area contributed by atoms with E-state index >= 15 is 0 Å². The molecule has 0 bridgehead atoms. The fraction of sp³-hybridized carbons (Fsp3) is 0.219. The number of hydrogen-bond donors (Lipinski definition) is 1. The number of halogens is 1. The first kappa shape index (κ1) is 26.4. The molecule has 0 aliphatic rings. The molecule has 1 N–H and O–H groups in total. The summed E-state index contributed by atoms with van der Waals surface area (Å²) in [6.07, 6.45) is -0.199. The van der Waals surface area contributed by atoms with Crippen molar-refractivity contribution in [3.8, 4) is 11.1 Å². The van der Waals surface area contributed by atoms with Gasteiger partial charge in [-0.25, -0.2) is 14.8 Å². The van der Waals surface area contributed by atoms with Gasteiger partial charge in [0.15, 0.2) is 5.69 Å². The molecule has 7 heteroatoms. The Morgan fingerprint density at radius 1 is 0.949 bits per heavy atom. The molecule has 0 fully saturated rings. The first-order valence-electron chi connectivity index (χ1n) is 13.0. The van der Waals surface area contributed by atoms with Crippen LogP contribution in [0.1, 0.15) is 46.9 Å². The molecule has 3 aromatic carbocycles. The van der Waals surface area contributed by atoms with Crippen LogP contribution in [0, 0.1) is 13.8 Å². The minimum Gasteiger partial charge on any atom is -0.458 e. The van der Waals surface area contributed by atoms with E-state index in [1.165, 1.54) is 0 Å². The van der Waals surface area contributed by atoms with Gasteiger partial charge in [-0.05, 0) is 79.8 Å². The Balaban J connectivity index is 1.38. The average Bonchev–Trinajstić information content (AvgIpc) is 3.24. The molecule has 5 aromatic rings. The molecule has 0 atom stereocenters. The van der Waals surface area contributed by atoms with Gasteiger partial charge in [-0.1, -0.05) is 66.2 Å². The zero-order chi connectivity index (χ0) is 27.5. The van der Waals surface area contributed by atoms with Gasteiger partial charge < -0.3 is 14.6 Å². The number of nitrogens with one attached hydrogen (secondary N) is 1. The Labute approximate surface area is 233 Å². The Hall–Kier alpha value is -4.16. The van der Waals surface area contributed by atoms with E-state index in [1.54, 1.807) is 12.1 Å². The number of aryl methyl sites for hydroxylation is 2. The lowest BCUT2D eigenvalue weighted by Gasteiger charge is -2.13. The number of nitrogens with zero attached hydrogens (tertiary/aromatic N) is 3. The number of carbonyl (C=O) groups excluding carboxylic acids is 1. The summed E-state index contributed by atoms with van der Waals surface area (Å²) in [4.78, 5) is 21.5. The predicted octanol–water partition coefficient (Wildman–Crippen LogP) is 7.59. The van der Waals surface area contributed by atoms with Crippen LogP contribution >= 0.6 is 11.6 Å². The number of aromatic nitrogens is 3. The monoisotopic (exact) mass is 538 g/mol.